The number of amides is 1. The van der Waals surface area contributed by atoms with Gasteiger partial charge in [0.2, 0.25) is 0 Å². The Hall–Kier alpha value is -3.18. The number of aromatic nitrogens is 3. The Kier molecular flexibility index (Phi) is 4.84. The van der Waals surface area contributed by atoms with E-state index in [0.717, 1.165) is 16.9 Å². The molecule has 0 atom stereocenters. The molecule has 2 aromatic carbocycles. The highest BCUT2D eigenvalue weighted by atomic mass is 35.5. The van der Waals surface area contributed by atoms with Gasteiger partial charge in [-0.1, -0.05) is 59.6 Å². The van der Waals surface area contributed by atoms with E-state index in [1.807, 2.05) is 68.4 Å². The van der Waals surface area contributed by atoms with Crippen molar-refractivity contribution in [2.45, 2.75) is 20.4 Å². The molecule has 28 heavy (non-hydrogen) atoms. The smallest absolute Gasteiger partial charge is 0.254 e. The van der Waals surface area contributed by atoms with Crippen LogP contribution in [0.1, 0.15) is 27.2 Å². The van der Waals surface area contributed by atoms with Gasteiger partial charge in [0.1, 0.15) is 0 Å². The maximum absolute atomic E-state index is 12.6. The highest BCUT2D eigenvalue weighted by molar-refractivity contribution is 6.38. The van der Waals surface area contributed by atoms with Crippen molar-refractivity contribution in [1.82, 2.24) is 20.1 Å². The molecule has 2 heterocycles. The van der Waals surface area contributed by atoms with E-state index in [1.54, 1.807) is 4.68 Å². The lowest BCUT2D eigenvalue weighted by Gasteiger charge is -2.08. The molecular formula is C22H19ClN4O. The lowest BCUT2D eigenvalue weighted by molar-refractivity contribution is 0.0951. The largest absolute Gasteiger partial charge is 0.348 e. The van der Waals surface area contributed by atoms with Crippen molar-refractivity contribution in [2.75, 3.05) is 0 Å². The molecule has 2 aromatic heterocycles. The van der Waals surface area contributed by atoms with E-state index in [4.69, 9.17) is 11.6 Å². The SMILES string of the molecule is Cc1ccc(-n2nc(C)c3c(Cl)c(C(=O)NCc4ccccc4)cnc32)cc1. The number of hydrogen-bond acceptors (Lipinski definition) is 3. The summed E-state index contributed by atoms with van der Waals surface area (Å²) in [6.45, 7) is 4.33. The molecule has 0 spiro atoms. The molecule has 4 aromatic rings. The van der Waals surface area contributed by atoms with Crippen LogP contribution in [0.25, 0.3) is 16.7 Å². The van der Waals surface area contributed by atoms with Crippen molar-refractivity contribution in [3.05, 3.63) is 88.2 Å². The second-order valence-electron chi connectivity index (χ2n) is 6.69. The van der Waals surface area contributed by atoms with Crippen molar-refractivity contribution >= 4 is 28.5 Å². The van der Waals surface area contributed by atoms with Crippen molar-refractivity contribution in [3.8, 4) is 5.69 Å². The third-order valence-electron chi connectivity index (χ3n) is 4.63. The zero-order valence-corrected chi connectivity index (χ0v) is 16.4. The predicted molar refractivity (Wildman–Crippen MR) is 111 cm³/mol. The number of nitrogens with one attached hydrogen (secondary N) is 1. The molecule has 0 bridgehead atoms. The van der Waals surface area contributed by atoms with E-state index in [1.165, 1.54) is 11.8 Å². The first-order chi connectivity index (χ1) is 13.5. The Morgan fingerprint density at radius 3 is 2.50 bits per heavy atom. The maximum Gasteiger partial charge on any atom is 0.254 e. The van der Waals surface area contributed by atoms with E-state index < -0.39 is 0 Å². The van der Waals surface area contributed by atoms with Crippen LogP contribution in [0, 0.1) is 13.8 Å². The summed E-state index contributed by atoms with van der Waals surface area (Å²) >= 11 is 6.60. The normalized spacial score (nSPS) is 11.0. The van der Waals surface area contributed by atoms with Gasteiger partial charge in [-0.3, -0.25) is 4.79 Å². The highest BCUT2D eigenvalue weighted by Crippen LogP contribution is 2.30. The van der Waals surface area contributed by atoms with Gasteiger partial charge in [-0.05, 0) is 31.5 Å². The molecule has 0 aliphatic rings. The minimum atomic E-state index is -0.259. The molecular weight excluding hydrogens is 372 g/mol. The number of aryl methyl sites for hydroxylation is 2. The van der Waals surface area contributed by atoms with Crippen LogP contribution >= 0.6 is 11.6 Å². The molecule has 0 unspecified atom stereocenters. The molecule has 5 nitrogen and oxygen atoms in total. The van der Waals surface area contributed by atoms with Crippen LogP contribution in [0.2, 0.25) is 5.02 Å². The maximum atomic E-state index is 12.6. The fraction of sp³-hybridized carbons (Fsp3) is 0.136. The summed E-state index contributed by atoms with van der Waals surface area (Å²) in [5.74, 6) is -0.259. The van der Waals surface area contributed by atoms with Gasteiger partial charge in [-0.15, -0.1) is 0 Å². The number of nitrogens with zero attached hydrogens (tertiary/aromatic N) is 3. The van der Waals surface area contributed by atoms with Crippen molar-refractivity contribution in [3.63, 3.8) is 0 Å². The molecule has 140 valence electrons. The third-order valence-corrected chi connectivity index (χ3v) is 5.02. The molecule has 0 saturated heterocycles. The van der Waals surface area contributed by atoms with Gasteiger partial charge in [0.15, 0.2) is 5.65 Å². The molecule has 0 fully saturated rings. The number of halogens is 1. The Bertz CT molecular complexity index is 1150. The van der Waals surface area contributed by atoms with E-state index in [0.29, 0.717) is 28.2 Å². The van der Waals surface area contributed by atoms with Crippen LogP contribution in [-0.2, 0) is 6.54 Å². The van der Waals surface area contributed by atoms with Crippen LogP contribution in [0.5, 0.6) is 0 Å². The highest BCUT2D eigenvalue weighted by Gasteiger charge is 2.19. The number of rotatable bonds is 4. The molecule has 0 aliphatic carbocycles. The fourth-order valence-corrected chi connectivity index (χ4v) is 3.46. The van der Waals surface area contributed by atoms with E-state index in [2.05, 4.69) is 15.4 Å². The van der Waals surface area contributed by atoms with Crippen LogP contribution in [0.3, 0.4) is 0 Å². The summed E-state index contributed by atoms with van der Waals surface area (Å²) in [6.07, 6.45) is 1.51. The van der Waals surface area contributed by atoms with Crippen LogP contribution < -0.4 is 5.32 Å². The topological polar surface area (TPSA) is 59.8 Å². The second-order valence-corrected chi connectivity index (χ2v) is 7.06. The van der Waals surface area contributed by atoms with Crippen LogP contribution in [0.4, 0.5) is 0 Å². The molecule has 1 N–H and O–H groups in total. The van der Waals surface area contributed by atoms with Gasteiger partial charge in [0.05, 0.1) is 27.4 Å². The zero-order valence-electron chi connectivity index (χ0n) is 15.6. The number of fused-ring (bicyclic) bond motifs is 1. The number of carbonyl (C=O) groups is 1. The molecule has 4 rings (SSSR count). The Balaban J connectivity index is 1.68. The first kappa shape index (κ1) is 18.2. The molecule has 1 amide bonds. The Morgan fingerprint density at radius 2 is 1.79 bits per heavy atom. The van der Waals surface area contributed by atoms with E-state index in [-0.39, 0.29) is 5.91 Å². The lowest BCUT2D eigenvalue weighted by Crippen LogP contribution is -2.23. The van der Waals surface area contributed by atoms with Gasteiger partial charge >= 0.3 is 0 Å². The summed E-state index contributed by atoms with van der Waals surface area (Å²) in [7, 11) is 0. The number of pyridine rings is 1. The van der Waals surface area contributed by atoms with Gasteiger partial charge in [-0.25, -0.2) is 9.67 Å². The molecule has 6 heteroatoms. The van der Waals surface area contributed by atoms with E-state index in [9.17, 15) is 4.79 Å². The van der Waals surface area contributed by atoms with Gasteiger partial charge in [0, 0.05) is 12.7 Å². The number of carbonyl (C=O) groups excluding carboxylic acids is 1. The third kappa shape index (κ3) is 3.37. The summed E-state index contributed by atoms with van der Waals surface area (Å²) in [5, 5.41) is 8.53. The Morgan fingerprint density at radius 1 is 1.07 bits per heavy atom. The average Bonchev–Trinajstić information content (AvgIpc) is 3.05. The lowest BCUT2D eigenvalue weighted by atomic mass is 10.1. The van der Waals surface area contributed by atoms with Crippen molar-refractivity contribution < 1.29 is 4.79 Å². The average molecular weight is 391 g/mol. The van der Waals surface area contributed by atoms with Crippen LogP contribution in [0.15, 0.2) is 60.8 Å². The standard InChI is InChI=1S/C22H19ClN4O/c1-14-8-10-17(11-9-14)27-21-19(15(2)26-27)20(23)18(13-24-21)22(28)25-12-16-6-4-3-5-7-16/h3-11,13H,12H2,1-2H3,(H,25,28). The van der Waals surface area contributed by atoms with Crippen LogP contribution in [-0.4, -0.2) is 20.7 Å². The predicted octanol–water partition coefficient (Wildman–Crippen LogP) is 4.62. The molecule has 0 saturated carbocycles. The van der Waals surface area contributed by atoms with E-state index >= 15 is 0 Å². The first-order valence-corrected chi connectivity index (χ1v) is 9.35. The number of hydrogen-bond donors (Lipinski definition) is 1. The van der Waals surface area contributed by atoms with Gasteiger partial charge in [0.25, 0.3) is 5.91 Å². The fourth-order valence-electron chi connectivity index (χ4n) is 3.11. The summed E-state index contributed by atoms with van der Waals surface area (Å²) in [6, 6.07) is 17.7. The number of benzene rings is 2. The zero-order chi connectivity index (χ0) is 19.7. The Labute approximate surface area is 168 Å². The first-order valence-electron chi connectivity index (χ1n) is 8.97. The van der Waals surface area contributed by atoms with Crippen molar-refractivity contribution in [2.24, 2.45) is 0 Å². The monoisotopic (exact) mass is 390 g/mol. The quantitative estimate of drug-likeness (QED) is 0.553. The van der Waals surface area contributed by atoms with Gasteiger partial charge < -0.3 is 5.32 Å². The summed E-state index contributed by atoms with van der Waals surface area (Å²) in [5.41, 5.74) is 4.78. The summed E-state index contributed by atoms with van der Waals surface area (Å²) < 4.78 is 1.75. The van der Waals surface area contributed by atoms with Crippen molar-refractivity contribution in [1.29, 1.82) is 0 Å². The van der Waals surface area contributed by atoms with Gasteiger partial charge in [-0.2, -0.15) is 5.10 Å². The minimum Gasteiger partial charge on any atom is -0.348 e. The molecule has 0 aliphatic heterocycles. The second kappa shape index (κ2) is 7.44. The summed E-state index contributed by atoms with van der Waals surface area (Å²) in [4.78, 5) is 17.1. The molecule has 0 radical (unpaired) electrons. The minimum absolute atomic E-state index is 0.259.